The predicted octanol–water partition coefficient (Wildman–Crippen LogP) is 3.98. The van der Waals surface area contributed by atoms with Crippen LogP contribution >= 0.6 is 11.8 Å². The fraction of sp³-hybridized carbons (Fsp3) is 0.238. The number of nitrogens with zero attached hydrogens (tertiary/aromatic N) is 3. The Morgan fingerprint density at radius 1 is 1.15 bits per heavy atom. The summed E-state index contributed by atoms with van der Waals surface area (Å²) in [6.07, 6.45) is 0. The van der Waals surface area contributed by atoms with Gasteiger partial charge in [-0.3, -0.25) is 9.48 Å². The lowest BCUT2D eigenvalue weighted by molar-refractivity contribution is 0.0749. The maximum atomic E-state index is 13.2. The van der Waals surface area contributed by atoms with Crippen molar-refractivity contribution in [3.8, 4) is 17.0 Å². The van der Waals surface area contributed by atoms with Crippen LogP contribution in [-0.2, 0) is 7.05 Å². The van der Waals surface area contributed by atoms with E-state index in [-0.39, 0.29) is 11.3 Å². The Balaban J connectivity index is 1.61. The second kappa shape index (κ2) is 7.48. The van der Waals surface area contributed by atoms with E-state index in [1.54, 1.807) is 23.6 Å². The van der Waals surface area contributed by atoms with Crippen LogP contribution in [0.15, 0.2) is 60.7 Å². The van der Waals surface area contributed by atoms with Crippen LogP contribution in [0, 0.1) is 0 Å². The molecule has 5 nitrogen and oxygen atoms in total. The fourth-order valence-corrected chi connectivity index (χ4v) is 4.54. The van der Waals surface area contributed by atoms with E-state index in [4.69, 9.17) is 4.74 Å². The predicted molar refractivity (Wildman–Crippen MR) is 108 cm³/mol. The lowest BCUT2D eigenvalue weighted by Gasteiger charge is -2.24. The Labute approximate surface area is 162 Å². The summed E-state index contributed by atoms with van der Waals surface area (Å²) >= 11 is 1.78. The summed E-state index contributed by atoms with van der Waals surface area (Å²) in [4.78, 5) is 15.2. The van der Waals surface area contributed by atoms with Crippen molar-refractivity contribution in [3.05, 3.63) is 71.9 Å². The van der Waals surface area contributed by atoms with E-state index in [0.717, 1.165) is 34.9 Å². The molecule has 1 atom stereocenters. The van der Waals surface area contributed by atoms with Gasteiger partial charge in [0, 0.05) is 24.9 Å². The van der Waals surface area contributed by atoms with E-state index in [9.17, 15) is 4.79 Å². The zero-order valence-electron chi connectivity index (χ0n) is 15.3. The number of amides is 1. The number of hydrogen-bond acceptors (Lipinski definition) is 4. The zero-order chi connectivity index (χ0) is 18.8. The Morgan fingerprint density at radius 2 is 1.89 bits per heavy atom. The van der Waals surface area contributed by atoms with Crippen molar-refractivity contribution < 1.29 is 9.53 Å². The molecule has 1 fully saturated rings. The van der Waals surface area contributed by atoms with Crippen LogP contribution in [-0.4, -0.2) is 40.0 Å². The van der Waals surface area contributed by atoms with Crippen LogP contribution in [0.25, 0.3) is 11.3 Å². The number of methoxy groups -OCH3 is 1. The summed E-state index contributed by atoms with van der Waals surface area (Å²) in [5.41, 5.74) is 3.54. The van der Waals surface area contributed by atoms with E-state index < -0.39 is 0 Å². The van der Waals surface area contributed by atoms with Gasteiger partial charge in [0.25, 0.3) is 5.91 Å². The van der Waals surface area contributed by atoms with Gasteiger partial charge in [-0.1, -0.05) is 42.5 Å². The first-order valence-electron chi connectivity index (χ1n) is 8.83. The van der Waals surface area contributed by atoms with Crippen molar-refractivity contribution in [1.29, 1.82) is 0 Å². The molecule has 0 bridgehead atoms. The Morgan fingerprint density at radius 3 is 2.59 bits per heavy atom. The molecule has 3 aromatic rings. The number of thioether (sulfide) groups is 1. The number of rotatable bonds is 4. The van der Waals surface area contributed by atoms with E-state index in [1.165, 1.54) is 0 Å². The van der Waals surface area contributed by atoms with Gasteiger partial charge in [0.05, 0.1) is 12.8 Å². The summed E-state index contributed by atoms with van der Waals surface area (Å²) < 4.78 is 6.92. The molecule has 0 radical (unpaired) electrons. The largest absolute Gasteiger partial charge is 0.497 e. The van der Waals surface area contributed by atoms with Crippen LogP contribution < -0.4 is 4.74 Å². The standard InChI is InChI=1S/C21H21N3O2S/c1-23-19(14-18(22-23)15-6-4-3-5-7-15)20(25)24-12-13-27-21(24)16-8-10-17(26-2)11-9-16/h3-11,14,21H,12-13H2,1-2H3. The fourth-order valence-electron chi connectivity index (χ4n) is 3.29. The molecule has 0 saturated carbocycles. The van der Waals surface area contributed by atoms with Gasteiger partial charge in [-0.2, -0.15) is 5.10 Å². The number of hydrogen-bond donors (Lipinski definition) is 0. The van der Waals surface area contributed by atoms with Gasteiger partial charge in [0.1, 0.15) is 16.8 Å². The second-order valence-corrected chi connectivity index (χ2v) is 7.59. The van der Waals surface area contributed by atoms with Crippen LogP contribution in [0.3, 0.4) is 0 Å². The highest BCUT2D eigenvalue weighted by Crippen LogP contribution is 2.39. The maximum absolute atomic E-state index is 13.2. The Hall–Kier alpha value is -2.73. The zero-order valence-corrected chi connectivity index (χ0v) is 16.1. The van der Waals surface area contributed by atoms with Crippen LogP contribution in [0.4, 0.5) is 0 Å². The molecule has 1 aliphatic rings. The molecule has 0 N–H and O–H groups in total. The lowest BCUT2D eigenvalue weighted by Crippen LogP contribution is -2.31. The Bertz CT molecular complexity index is 938. The van der Waals surface area contributed by atoms with E-state index in [1.807, 2.05) is 72.6 Å². The minimum atomic E-state index is 0.0120. The minimum absolute atomic E-state index is 0.0120. The molecule has 1 saturated heterocycles. The highest BCUT2D eigenvalue weighted by molar-refractivity contribution is 7.99. The van der Waals surface area contributed by atoms with Crippen molar-refractivity contribution >= 4 is 17.7 Å². The van der Waals surface area contributed by atoms with Gasteiger partial charge in [0.15, 0.2) is 0 Å². The van der Waals surface area contributed by atoms with Gasteiger partial charge in [-0.25, -0.2) is 0 Å². The number of aromatic nitrogens is 2. The van der Waals surface area contributed by atoms with Crippen molar-refractivity contribution in [2.24, 2.45) is 7.05 Å². The SMILES string of the molecule is COc1ccc(C2SCCN2C(=O)c2cc(-c3ccccc3)nn2C)cc1. The van der Waals surface area contributed by atoms with Crippen molar-refractivity contribution in [3.63, 3.8) is 0 Å². The molecular formula is C21H21N3O2S. The molecular weight excluding hydrogens is 358 g/mol. The average Bonchev–Trinajstić information content (AvgIpc) is 3.35. The van der Waals surface area contributed by atoms with E-state index in [0.29, 0.717) is 5.69 Å². The first-order valence-corrected chi connectivity index (χ1v) is 9.88. The topological polar surface area (TPSA) is 47.4 Å². The van der Waals surface area contributed by atoms with Gasteiger partial charge >= 0.3 is 0 Å². The quantitative estimate of drug-likeness (QED) is 0.688. The van der Waals surface area contributed by atoms with Crippen LogP contribution in [0.1, 0.15) is 21.4 Å². The third-order valence-electron chi connectivity index (χ3n) is 4.72. The highest BCUT2D eigenvalue weighted by atomic mass is 32.2. The minimum Gasteiger partial charge on any atom is -0.497 e. The highest BCUT2D eigenvalue weighted by Gasteiger charge is 2.32. The summed E-state index contributed by atoms with van der Waals surface area (Å²) in [5.74, 6) is 1.75. The van der Waals surface area contributed by atoms with Crippen molar-refractivity contribution in [2.75, 3.05) is 19.4 Å². The monoisotopic (exact) mass is 379 g/mol. The number of carbonyl (C=O) groups excluding carboxylic acids is 1. The first-order chi connectivity index (χ1) is 13.2. The van der Waals surface area contributed by atoms with Crippen LogP contribution in [0.2, 0.25) is 0 Å². The smallest absolute Gasteiger partial charge is 0.273 e. The molecule has 6 heteroatoms. The molecule has 2 aromatic carbocycles. The molecule has 4 rings (SSSR count). The molecule has 2 heterocycles. The van der Waals surface area contributed by atoms with E-state index in [2.05, 4.69) is 5.10 Å². The number of benzene rings is 2. The van der Waals surface area contributed by atoms with Gasteiger partial charge in [-0.05, 0) is 23.8 Å². The third-order valence-corrected chi connectivity index (χ3v) is 5.98. The van der Waals surface area contributed by atoms with Gasteiger partial charge in [-0.15, -0.1) is 11.8 Å². The first kappa shape index (κ1) is 17.7. The van der Waals surface area contributed by atoms with Crippen molar-refractivity contribution in [1.82, 2.24) is 14.7 Å². The second-order valence-electron chi connectivity index (χ2n) is 6.40. The summed E-state index contributed by atoms with van der Waals surface area (Å²) in [5, 5.41) is 4.55. The molecule has 1 aliphatic heterocycles. The molecule has 138 valence electrons. The Kier molecular flexibility index (Phi) is 4.90. The molecule has 1 amide bonds. The lowest BCUT2D eigenvalue weighted by atomic mass is 10.1. The van der Waals surface area contributed by atoms with Gasteiger partial charge < -0.3 is 9.64 Å². The molecule has 0 aliphatic carbocycles. The maximum Gasteiger partial charge on any atom is 0.273 e. The summed E-state index contributed by atoms with van der Waals surface area (Å²) in [6, 6.07) is 19.7. The molecule has 0 spiro atoms. The van der Waals surface area contributed by atoms with Crippen molar-refractivity contribution in [2.45, 2.75) is 5.37 Å². The van der Waals surface area contributed by atoms with Crippen LogP contribution in [0.5, 0.6) is 5.75 Å². The van der Waals surface area contributed by atoms with E-state index >= 15 is 0 Å². The normalized spacial score (nSPS) is 16.5. The number of ether oxygens (including phenoxy) is 1. The number of carbonyl (C=O) groups is 1. The average molecular weight is 379 g/mol. The molecule has 27 heavy (non-hydrogen) atoms. The molecule has 1 unspecified atom stereocenters. The number of aryl methyl sites for hydroxylation is 1. The van der Waals surface area contributed by atoms with Gasteiger partial charge in [0.2, 0.25) is 0 Å². The third kappa shape index (κ3) is 3.45. The summed E-state index contributed by atoms with van der Waals surface area (Å²) in [7, 11) is 3.48. The molecule has 1 aromatic heterocycles. The summed E-state index contributed by atoms with van der Waals surface area (Å²) in [6.45, 7) is 0.728.